The Morgan fingerprint density at radius 2 is 2.27 bits per heavy atom. The molecule has 1 aliphatic rings. The van der Waals surface area contributed by atoms with E-state index in [4.69, 9.17) is 17.3 Å². The number of hydrogen-bond donors (Lipinski definition) is 1. The normalized spacial score (nSPS) is 23.9. The summed E-state index contributed by atoms with van der Waals surface area (Å²) in [4.78, 5) is 10.9. The number of primary amides is 1. The monoisotopic (exact) mass is 223 g/mol. The molecule has 0 heterocycles. The maximum absolute atomic E-state index is 10.9. The third-order valence-corrected chi connectivity index (χ3v) is 3.34. The highest BCUT2D eigenvalue weighted by atomic mass is 35.5. The van der Waals surface area contributed by atoms with E-state index in [9.17, 15) is 4.79 Å². The Balaban J connectivity index is 2.35. The van der Waals surface area contributed by atoms with Crippen molar-refractivity contribution in [2.24, 2.45) is 5.73 Å². The molecule has 15 heavy (non-hydrogen) atoms. The molecule has 1 amide bonds. The fraction of sp³-hybridized carbons (Fsp3) is 0.417. The lowest BCUT2D eigenvalue weighted by atomic mass is 9.97. The molecule has 0 saturated carbocycles. The van der Waals surface area contributed by atoms with Gasteiger partial charge in [-0.2, -0.15) is 0 Å². The van der Waals surface area contributed by atoms with Gasteiger partial charge in [-0.05, 0) is 41.5 Å². The molecule has 0 fully saturated rings. The molecule has 2 rings (SSSR count). The molecule has 1 aromatic carbocycles. The van der Waals surface area contributed by atoms with Gasteiger partial charge in [0.05, 0.1) is 0 Å². The summed E-state index contributed by atoms with van der Waals surface area (Å²) in [5, 5.41) is 0.734. The van der Waals surface area contributed by atoms with Gasteiger partial charge in [0, 0.05) is 11.4 Å². The molecule has 0 radical (unpaired) electrons. The predicted octanol–water partition coefficient (Wildman–Crippen LogP) is 2.81. The Morgan fingerprint density at radius 1 is 1.53 bits per heavy atom. The topological polar surface area (TPSA) is 43.1 Å². The van der Waals surface area contributed by atoms with Crippen LogP contribution in [0.5, 0.6) is 0 Å². The van der Waals surface area contributed by atoms with Crippen LogP contribution in [0.2, 0.25) is 5.02 Å². The number of rotatable bonds is 2. The van der Waals surface area contributed by atoms with E-state index in [-0.39, 0.29) is 11.8 Å². The number of benzene rings is 1. The molecule has 0 bridgehead atoms. The van der Waals surface area contributed by atoms with E-state index >= 15 is 0 Å². The number of carbonyl (C=O) groups excluding carboxylic acids is 1. The van der Waals surface area contributed by atoms with Crippen LogP contribution < -0.4 is 5.73 Å². The molecular formula is C12H14ClNO. The lowest BCUT2D eigenvalue weighted by Crippen LogP contribution is -2.14. The number of amides is 1. The number of carbonyl (C=O) groups is 1. The maximum Gasteiger partial charge on any atom is 0.218 e. The van der Waals surface area contributed by atoms with Crippen molar-refractivity contribution in [2.45, 2.75) is 31.6 Å². The van der Waals surface area contributed by atoms with E-state index in [1.807, 2.05) is 12.1 Å². The summed E-state index contributed by atoms with van der Waals surface area (Å²) >= 11 is 5.96. The quantitative estimate of drug-likeness (QED) is 0.823. The van der Waals surface area contributed by atoms with Gasteiger partial charge >= 0.3 is 0 Å². The Hall–Kier alpha value is -1.02. The van der Waals surface area contributed by atoms with Crippen molar-refractivity contribution in [3.8, 4) is 0 Å². The lowest BCUT2D eigenvalue weighted by molar-refractivity contribution is -0.118. The number of nitrogens with two attached hydrogens (primary N) is 1. The summed E-state index contributed by atoms with van der Waals surface area (Å²) in [6.07, 6.45) is 1.43. The minimum absolute atomic E-state index is 0.236. The Bertz CT molecular complexity index is 403. The number of fused-ring (bicyclic) bond motifs is 1. The van der Waals surface area contributed by atoms with Crippen molar-refractivity contribution >= 4 is 17.5 Å². The van der Waals surface area contributed by atoms with Gasteiger partial charge in [-0.15, -0.1) is 0 Å². The van der Waals surface area contributed by atoms with Crippen molar-refractivity contribution < 1.29 is 4.79 Å². The Morgan fingerprint density at radius 3 is 2.93 bits per heavy atom. The third-order valence-electron chi connectivity index (χ3n) is 3.11. The first-order chi connectivity index (χ1) is 7.08. The van der Waals surface area contributed by atoms with E-state index < -0.39 is 0 Å². The van der Waals surface area contributed by atoms with Crippen molar-refractivity contribution in [1.82, 2.24) is 0 Å². The molecule has 0 aromatic heterocycles. The summed E-state index contributed by atoms with van der Waals surface area (Å²) in [6.45, 7) is 2.17. The van der Waals surface area contributed by atoms with E-state index in [2.05, 4.69) is 13.0 Å². The van der Waals surface area contributed by atoms with Crippen molar-refractivity contribution in [3.05, 3.63) is 34.3 Å². The summed E-state index contributed by atoms with van der Waals surface area (Å²) in [7, 11) is 0. The SMILES string of the molecule is CC1CC(CC(N)=O)c2cc(Cl)ccc21. The van der Waals surface area contributed by atoms with Crippen LogP contribution in [-0.2, 0) is 4.79 Å². The van der Waals surface area contributed by atoms with Gasteiger partial charge in [-0.3, -0.25) is 4.79 Å². The van der Waals surface area contributed by atoms with Gasteiger partial charge in [-0.1, -0.05) is 24.6 Å². The van der Waals surface area contributed by atoms with Crippen LogP contribution in [0.1, 0.15) is 42.7 Å². The molecule has 80 valence electrons. The Kier molecular flexibility index (Phi) is 2.70. The molecule has 2 nitrogen and oxygen atoms in total. The Labute approximate surface area is 94.4 Å². The van der Waals surface area contributed by atoms with Gasteiger partial charge in [0.1, 0.15) is 0 Å². The average Bonchev–Trinajstić information content (AvgIpc) is 2.42. The molecule has 0 spiro atoms. The lowest BCUT2D eigenvalue weighted by Gasteiger charge is -2.08. The summed E-state index contributed by atoms with van der Waals surface area (Å²) in [5.41, 5.74) is 7.75. The number of hydrogen-bond acceptors (Lipinski definition) is 1. The molecular weight excluding hydrogens is 210 g/mol. The first-order valence-corrected chi connectivity index (χ1v) is 5.53. The number of halogens is 1. The van der Waals surface area contributed by atoms with Crippen LogP contribution in [0.15, 0.2) is 18.2 Å². The summed E-state index contributed by atoms with van der Waals surface area (Å²) in [6, 6.07) is 5.93. The van der Waals surface area contributed by atoms with Crippen molar-refractivity contribution in [2.75, 3.05) is 0 Å². The summed E-state index contributed by atoms with van der Waals surface area (Å²) in [5.74, 6) is 0.521. The van der Waals surface area contributed by atoms with Crippen LogP contribution >= 0.6 is 11.6 Å². The highest BCUT2D eigenvalue weighted by molar-refractivity contribution is 6.30. The van der Waals surface area contributed by atoms with Crippen LogP contribution in [0.4, 0.5) is 0 Å². The second-order valence-corrected chi connectivity index (χ2v) is 4.71. The zero-order valence-electron chi connectivity index (χ0n) is 8.66. The van der Waals surface area contributed by atoms with E-state index in [0.717, 1.165) is 11.4 Å². The molecule has 0 aliphatic heterocycles. The predicted molar refractivity (Wildman–Crippen MR) is 61.0 cm³/mol. The second-order valence-electron chi connectivity index (χ2n) is 4.28. The fourth-order valence-corrected chi connectivity index (χ4v) is 2.65. The molecule has 0 saturated heterocycles. The minimum Gasteiger partial charge on any atom is -0.370 e. The first-order valence-electron chi connectivity index (χ1n) is 5.15. The molecule has 3 heteroatoms. The molecule has 1 aliphatic carbocycles. The van der Waals surface area contributed by atoms with Crippen LogP contribution in [0.3, 0.4) is 0 Å². The molecule has 2 atom stereocenters. The maximum atomic E-state index is 10.9. The van der Waals surface area contributed by atoms with Gasteiger partial charge in [0.25, 0.3) is 0 Å². The van der Waals surface area contributed by atoms with E-state index in [1.165, 1.54) is 11.1 Å². The first kappa shape index (κ1) is 10.5. The molecule has 2 unspecified atom stereocenters. The van der Waals surface area contributed by atoms with E-state index in [0.29, 0.717) is 12.3 Å². The van der Waals surface area contributed by atoms with Crippen LogP contribution in [0.25, 0.3) is 0 Å². The largest absolute Gasteiger partial charge is 0.370 e. The van der Waals surface area contributed by atoms with Crippen molar-refractivity contribution in [3.63, 3.8) is 0 Å². The average molecular weight is 224 g/mol. The third kappa shape index (κ3) is 2.00. The van der Waals surface area contributed by atoms with Gasteiger partial charge in [0.15, 0.2) is 0 Å². The van der Waals surface area contributed by atoms with Crippen molar-refractivity contribution in [1.29, 1.82) is 0 Å². The van der Waals surface area contributed by atoms with Gasteiger partial charge in [-0.25, -0.2) is 0 Å². The van der Waals surface area contributed by atoms with E-state index in [1.54, 1.807) is 0 Å². The summed E-state index contributed by atoms with van der Waals surface area (Å²) < 4.78 is 0. The standard InChI is InChI=1S/C12H14ClNO/c1-7-4-8(5-12(14)15)11-6-9(13)2-3-10(7)11/h2-3,6-8H,4-5H2,1H3,(H2,14,15). The fourth-order valence-electron chi connectivity index (χ4n) is 2.46. The van der Waals surface area contributed by atoms with Gasteiger partial charge < -0.3 is 5.73 Å². The zero-order chi connectivity index (χ0) is 11.0. The second kappa shape index (κ2) is 3.86. The minimum atomic E-state index is -0.236. The highest BCUT2D eigenvalue weighted by Crippen LogP contribution is 2.43. The van der Waals surface area contributed by atoms with Gasteiger partial charge in [0.2, 0.25) is 5.91 Å². The molecule has 1 aromatic rings. The zero-order valence-corrected chi connectivity index (χ0v) is 9.42. The van der Waals surface area contributed by atoms with Crippen LogP contribution in [0, 0.1) is 0 Å². The molecule has 2 N–H and O–H groups in total. The smallest absolute Gasteiger partial charge is 0.218 e. The highest BCUT2D eigenvalue weighted by Gasteiger charge is 2.29. The van der Waals surface area contributed by atoms with Crippen LogP contribution in [-0.4, -0.2) is 5.91 Å².